The Morgan fingerprint density at radius 3 is 2.72 bits per heavy atom. The van der Waals surface area contributed by atoms with Crippen LogP contribution in [0, 0.1) is 0 Å². The lowest BCUT2D eigenvalue weighted by molar-refractivity contribution is 0.0524. The van der Waals surface area contributed by atoms with E-state index in [0.717, 1.165) is 12.5 Å². The third kappa shape index (κ3) is 3.15. The molecule has 11 heteroatoms. The van der Waals surface area contributed by atoms with Crippen molar-refractivity contribution < 1.29 is 17.9 Å². The zero-order valence-corrected chi connectivity index (χ0v) is 14.8. The molecule has 3 aromatic heterocycles. The highest BCUT2D eigenvalue weighted by Crippen LogP contribution is 2.19. The number of hydrogen-bond acceptors (Lipinski definition) is 9. The van der Waals surface area contributed by atoms with Gasteiger partial charge >= 0.3 is 5.97 Å². The Hall–Kier alpha value is -2.66. The lowest BCUT2D eigenvalue weighted by Gasteiger charge is -2.10. The highest BCUT2D eigenvalue weighted by Gasteiger charge is 2.21. The Morgan fingerprint density at radius 1 is 1.36 bits per heavy atom. The summed E-state index contributed by atoms with van der Waals surface area (Å²) in [6.45, 7) is 1.73. The molecule has 0 aromatic carbocycles. The normalized spacial score (nSPS) is 11.6. The van der Waals surface area contributed by atoms with E-state index in [0.29, 0.717) is 5.13 Å². The van der Waals surface area contributed by atoms with Crippen molar-refractivity contribution in [2.75, 3.05) is 12.9 Å². The highest BCUT2D eigenvalue weighted by molar-refractivity contribution is 7.90. The van der Waals surface area contributed by atoms with E-state index in [2.05, 4.69) is 15.0 Å². The first-order chi connectivity index (χ1) is 11.8. The zero-order chi connectivity index (χ0) is 18.2. The third-order valence-electron chi connectivity index (χ3n) is 3.17. The predicted octanol–water partition coefficient (Wildman–Crippen LogP) is 0.817. The molecule has 0 atom stereocenters. The minimum Gasteiger partial charge on any atom is -0.462 e. The molecule has 0 aliphatic rings. The van der Waals surface area contributed by atoms with Crippen molar-refractivity contribution >= 4 is 38.2 Å². The molecule has 3 aromatic rings. The quantitative estimate of drug-likeness (QED) is 0.482. The van der Waals surface area contributed by atoms with Crippen molar-refractivity contribution in [3.05, 3.63) is 39.8 Å². The van der Waals surface area contributed by atoms with Crippen LogP contribution in [-0.4, -0.2) is 46.8 Å². The van der Waals surface area contributed by atoms with Crippen LogP contribution in [0.5, 0.6) is 0 Å². The van der Waals surface area contributed by atoms with Crippen molar-refractivity contribution in [3.8, 4) is 5.13 Å². The van der Waals surface area contributed by atoms with E-state index >= 15 is 0 Å². The van der Waals surface area contributed by atoms with Gasteiger partial charge < -0.3 is 4.74 Å². The summed E-state index contributed by atoms with van der Waals surface area (Å²) in [7, 11) is -3.67. The summed E-state index contributed by atoms with van der Waals surface area (Å²) < 4.78 is 29.7. The fourth-order valence-electron chi connectivity index (χ4n) is 2.11. The molecule has 0 spiro atoms. The van der Waals surface area contributed by atoms with E-state index in [1.54, 1.807) is 12.3 Å². The number of hydrogen-bond donors (Lipinski definition) is 0. The summed E-state index contributed by atoms with van der Waals surface area (Å²) in [5.74, 6) is -0.785. The topological polar surface area (TPSA) is 121 Å². The van der Waals surface area contributed by atoms with Crippen LogP contribution in [0.15, 0.2) is 33.9 Å². The molecule has 0 aliphatic carbocycles. The number of fused-ring (bicyclic) bond motifs is 1. The van der Waals surface area contributed by atoms with E-state index in [-0.39, 0.29) is 23.2 Å². The van der Waals surface area contributed by atoms with Gasteiger partial charge in [-0.25, -0.2) is 23.2 Å². The molecule has 0 saturated carbocycles. The number of carbonyl (C=O) groups is 1. The van der Waals surface area contributed by atoms with Gasteiger partial charge in [-0.1, -0.05) is 0 Å². The summed E-state index contributed by atoms with van der Waals surface area (Å²) in [4.78, 5) is 36.5. The van der Waals surface area contributed by atoms with Crippen molar-refractivity contribution in [2.45, 2.75) is 12.1 Å². The van der Waals surface area contributed by atoms with E-state index < -0.39 is 26.4 Å². The third-order valence-corrected chi connectivity index (χ3v) is 4.81. The Morgan fingerprint density at radius 2 is 2.12 bits per heavy atom. The molecule has 3 heterocycles. The number of pyridine rings is 1. The summed E-state index contributed by atoms with van der Waals surface area (Å²) in [5.41, 5.74) is -0.801. The molecule has 0 unspecified atom stereocenters. The molecular formula is C14H12N4O5S2. The minimum absolute atomic E-state index is 0.00634. The second-order valence-corrected chi connectivity index (χ2v) is 7.72. The Bertz CT molecular complexity index is 1120. The molecule has 0 fully saturated rings. The molecule has 0 saturated heterocycles. The molecule has 130 valence electrons. The maximum Gasteiger partial charge on any atom is 0.343 e. The van der Waals surface area contributed by atoms with Gasteiger partial charge in [0.2, 0.25) is 20.4 Å². The van der Waals surface area contributed by atoms with Gasteiger partial charge in [-0.05, 0) is 6.92 Å². The number of sulfone groups is 1. The number of thiazole rings is 1. The predicted molar refractivity (Wildman–Crippen MR) is 89.9 cm³/mol. The molecule has 0 N–H and O–H groups in total. The van der Waals surface area contributed by atoms with Crippen molar-refractivity contribution in [1.82, 2.24) is 19.5 Å². The first-order valence-corrected chi connectivity index (χ1v) is 9.79. The van der Waals surface area contributed by atoms with Crippen LogP contribution in [0.25, 0.3) is 16.2 Å². The fraction of sp³-hybridized carbons (Fsp3) is 0.214. The SMILES string of the molecule is CCOC(=O)c1cn(-c2nccs2)c2nc(S(C)(=O)=O)ncc2c1=O. The maximum absolute atomic E-state index is 12.6. The lowest BCUT2D eigenvalue weighted by Crippen LogP contribution is -2.22. The number of nitrogens with zero attached hydrogens (tertiary/aromatic N) is 4. The molecule has 0 amide bonds. The van der Waals surface area contributed by atoms with Crippen LogP contribution in [0.4, 0.5) is 0 Å². The second-order valence-electron chi connectivity index (χ2n) is 4.94. The Kier molecular flexibility index (Phi) is 4.35. The van der Waals surface area contributed by atoms with Gasteiger partial charge in [-0.2, -0.15) is 4.98 Å². The van der Waals surface area contributed by atoms with Crippen molar-refractivity contribution in [1.29, 1.82) is 0 Å². The monoisotopic (exact) mass is 380 g/mol. The second kappa shape index (κ2) is 6.33. The van der Waals surface area contributed by atoms with E-state index in [1.165, 1.54) is 28.3 Å². The molecule has 25 heavy (non-hydrogen) atoms. The van der Waals surface area contributed by atoms with Crippen LogP contribution < -0.4 is 5.43 Å². The number of ether oxygens (including phenoxy) is 1. The van der Waals surface area contributed by atoms with Gasteiger partial charge in [0.25, 0.3) is 0 Å². The average molecular weight is 380 g/mol. The van der Waals surface area contributed by atoms with Gasteiger partial charge in [0.05, 0.1) is 12.0 Å². The molecule has 0 aliphatic heterocycles. The molecule has 9 nitrogen and oxygen atoms in total. The first-order valence-electron chi connectivity index (χ1n) is 7.02. The van der Waals surface area contributed by atoms with Crippen LogP contribution in [0.2, 0.25) is 0 Å². The summed E-state index contributed by atoms with van der Waals surface area (Å²) in [6.07, 6.45) is 4.84. The largest absolute Gasteiger partial charge is 0.462 e. The number of esters is 1. The van der Waals surface area contributed by atoms with E-state index in [9.17, 15) is 18.0 Å². The van der Waals surface area contributed by atoms with Crippen molar-refractivity contribution in [3.63, 3.8) is 0 Å². The summed E-state index contributed by atoms with van der Waals surface area (Å²) in [6, 6.07) is 0. The smallest absolute Gasteiger partial charge is 0.343 e. The maximum atomic E-state index is 12.6. The minimum atomic E-state index is -3.67. The number of carbonyl (C=O) groups excluding carboxylic acids is 1. The van der Waals surface area contributed by atoms with Gasteiger partial charge in [0, 0.05) is 30.2 Å². The lowest BCUT2D eigenvalue weighted by atomic mass is 10.2. The van der Waals surface area contributed by atoms with Crippen LogP contribution in [0.3, 0.4) is 0 Å². The molecule has 3 rings (SSSR count). The van der Waals surface area contributed by atoms with Crippen LogP contribution >= 0.6 is 11.3 Å². The van der Waals surface area contributed by atoms with Gasteiger partial charge in [0.1, 0.15) is 5.56 Å². The van der Waals surface area contributed by atoms with Gasteiger partial charge in [0.15, 0.2) is 10.8 Å². The Labute approximate surface area is 145 Å². The van der Waals surface area contributed by atoms with Crippen LogP contribution in [0.1, 0.15) is 17.3 Å². The molecular weight excluding hydrogens is 368 g/mol. The summed E-state index contributed by atoms with van der Waals surface area (Å²) >= 11 is 1.23. The number of rotatable bonds is 4. The zero-order valence-electron chi connectivity index (χ0n) is 13.2. The average Bonchev–Trinajstić information content (AvgIpc) is 3.08. The van der Waals surface area contributed by atoms with E-state index in [1.807, 2.05) is 0 Å². The Balaban J connectivity index is 2.40. The highest BCUT2D eigenvalue weighted by atomic mass is 32.2. The molecule has 0 bridgehead atoms. The number of aromatic nitrogens is 4. The standard InChI is InChI=1S/C14H12N4O5S2/c1-3-23-12(20)9-7-18(14-15-4-5-24-14)11-8(10(9)19)6-16-13(17-11)25(2,21)22/h4-7H,3H2,1-2H3. The van der Waals surface area contributed by atoms with Crippen LogP contribution in [-0.2, 0) is 14.6 Å². The first kappa shape index (κ1) is 17.2. The van der Waals surface area contributed by atoms with Gasteiger partial charge in [-0.3, -0.25) is 9.36 Å². The fourth-order valence-corrected chi connectivity index (χ4v) is 3.22. The van der Waals surface area contributed by atoms with Crippen molar-refractivity contribution in [2.24, 2.45) is 0 Å². The summed E-state index contributed by atoms with van der Waals surface area (Å²) in [5, 5.41) is 1.68. The van der Waals surface area contributed by atoms with E-state index in [4.69, 9.17) is 4.74 Å². The molecule has 0 radical (unpaired) electrons. The van der Waals surface area contributed by atoms with Gasteiger partial charge in [-0.15, -0.1) is 11.3 Å².